The molecule has 2 aromatic rings. The third kappa shape index (κ3) is 5.39. The van der Waals surface area contributed by atoms with E-state index in [0.29, 0.717) is 6.54 Å². The zero-order valence-electron chi connectivity index (χ0n) is 11.3. The number of hydrogen-bond donors (Lipinski definition) is 1. The van der Waals surface area contributed by atoms with Crippen molar-refractivity contribution < 1.29 is 9.53 Å². The fourth-order valence-corrected chi connectivity index (χ4v) is 2.01. The number of ether oxygens (including phenoxy) is 1. The van der Waals surface area contributed by atoms with Gasteiger partial charge in [-0.05, 0) is 27.6 Å². The lowest BCUT2D eigenvalue weighted by molar-refractivity contribution is 0.141. The second kappa shape index (κ2) is 8.21. The van der Waals surface area contributed by atoms with Gasteiger partial charge in [0.05, 0.1) is 0 Å². The van der Waals surface area contributed by atoms with E-state index < -0.39 is 6.09 Å². The smallest absolute Gasteiger partial charge is 0.407 e. The van der Waals surface area contributed by atoms with Gasteiger partial charge in [0.25, 0.3) is 0 Å². The summed E-state index contributed by atoms with van der Waals surface area (Å²) in [7, 11) is 0. The van der Waals surface area contributed by atoms with E-state index >= 15 is 0 Å². The molecule has 0 saturated heterocycles. The summed E-state index contributed by atoms with van der Waals surface area (Å²) in [6, 6.07) is 13.3. The highest BCUT2D eigenvalue weighted by molar-refractivity contribution is 9.10. The molecule has 1 N–H and O–H groups in total. The summed E-state index contributed by atoms with van der Waals surface area (Å²) in [6.07, 6.45) is 4.99. The van der Waals surface area contributed by atoms with Gasteiger partial charge in [0, 0.05) is 18.3 Å². The first-order valence-electron chi connectivity index (χ1n) is 6.47. The fraction of sp³-hybridized carbons (Fsp3) is 0.125. The third-order valence-corrected chi connectivity index (χ3v) is 3.32. The quantitative estimate of drug-likeness (QED) is 0.838. The summed E-state index contributed by atoms with van der Waals surface area (Å²) in [4.78, 5) is 15.6. The second-order valence-electron chi connectivity index (χ2n) is 4.23. The number of carbonyl (C=O) groups excluding carboxylic acids is 1. The van der Waals surface area contributed by atoms with Gasteiger partial charge in [0.1, 0.15) is 11.2 Å². The number of pyridine rings is 1. The Bertz CT molecular complexity index is 615. The van der Waals surface area contributed by atoms with Gasteiger partial charge < -0.3 is 10.1 Å². The van der Waals surface area contributed by atoms with Crippen LogP contribution in [0.4, 0.5) is 4.79 Å². The molecule has 0 saturated carbocycles. The van der Waals surface area contributed by atoms with Gasteiger partial charge in [-0.25, -0.2) is 9.78 Å². The summed E-state index contributed by atoms with van der Waals surface area (Å²) >= 11 is 3.35. The average molecular weight is 347 g/mol. The van der Waals surface area contributed by atoms with Gasteiger partial charge in [-0.2, -0.15) is 0 Å². The van der Waals surface area contributed by atoms with Crippen LogP contribution >= 0.6 is 15.9 Å². The molecule has 1 aromatic heterocycles. The Morgan fingerprint density at radius 1 is 1.24 bits per heavy atom. The van der Waals surface area contributed by atoms with E-state index in [4.69, 9.17) is 4.74 Å². The van der Waals surface area contributed by atoms with Crippen LogP contribution in [0.1, 0.15) is 11.1 Å². The molecular formula is C16H15BrN2O2. The number of alkyl carbamates (subject to hydrolysis) is 1. The van der Waals surface area contributed by atoms with E-state index in [9.17, 15) is 4.79 Å². The van der Waals surface area contributed by atoms with Crippen LogP contribution in [0.25, 0.3) is 6.08 Å². The van der Waals surface area contributed by atoms with Crippen LogP contribution in [0.5, 0.6) is 0 Å². The molecule has 108 valence electrons. The van der Waals surface area contributed by atoms with Crippen LogP contribution in [-0.2, 0) is 11.3 Å². The molecule has 0 fully saturated rings. The fourth-order valence-electron chi connectivity index (χ4n) is 1.63. The van der Waals surface area contributed by atoms with Crippen molar-refractivity contribution in [2.24, 2.45) is 0 Å². The zero-order chi connectivity index (χ0) is 14.9. The number of benzene rings is 1. The molecule has 0 atom stereocenters. The molecular weight excluding hydrogens is 332 g/mol. The van der Waals surface area contributed by atoms with Crippen LogP contribution in [0.2, 0.25) is 0 Å². The molecule has 0 radical (unpaired) electrons. The molecule has 21 heavy (non-hydrogen) atoms. The third-order valence-electron chi connectivity index (χ3n) is 2.66. The van der Waals surface area contributed by atoms with Gasteiger partial charge >= 0.3 is 6.09 Å². The lowest BCUT2D eigenvalue weighted by atomic mass is 10.2. The molecule has 1 aromatic carbocycles. The Hall–Kier alpha value is -2.14. The molecule has 2 rings (SSSR count). The Morgan fingerprint density at radius 2 is 2.05 bits per heavy atom. The molecule has 0 bridgehead atoms. The van der Waals surface area contributed by atoms with Crippen molar-refractivity contribution >= 4 is 28.1 Å². The molecule has 0 unspecified atom stereocenters. The van der Waals surface area contributed by atoms with Gasteiger partial charge in [0.15, 0.2) is 0 Å². The predicted octanol–water partition coefficient (Wildman–Crippen LogP) is 3.78. The highest BCUT2D eigenvalue weighted by atomic mass is 79.9. The number of hydrogen-bond acceptors (Lipinski definition) is 3. The standard InChI is InChI=1S/C16H15BrN2O2/c17-15-14(8-4-10-18-15)9-5-11-19-16(20)21-12-13-6-2-1-3-7-13/h1-10H,11-12H2,(H,19,20). The minimum atomic E-state index is -0.436. The van der Waals surface area contributed by atoms with Gasteiger partial charge in [-0.1, -0.05) is 48.6 Å². The van der Waals surface area contributed by atoms with Crippen molar-refractivity contribution in [1.82, 2.24) is 10.3 Å². The van der Waals surface area contributed by atoms with Gasteiger partial charge in [-0.3, -0.25) is 0 Å². The maximum absolute atomic E-state index is 11.5. The number of halogens is 1. The van der Waals surface area contributed by atoms with Gasteiger partial charge in [-0.15, -0.1) is 0 Å². The summed E-state index contributed by atoms with van der Waals surface area (Å²) in [5.41, 5.74) is 1.92. The number of rotatable bonds is 5. The highest BCUT2D eigenvalue weighted by Gasteiger charge is 2.00. The minimum absolute atomic E-state index is 0.268. The van der Waals surface area contributed by atoms with E-state index in [1.54, 1.807) is 6.20 Å². The van der Waals surface area contributed by atoms with Crippen molar-refractivity contribution in [3.8, 4) is 0 Å². The molecule has 4 nitrogen and oxygen atoms in total. The monoisotopic (exact) mass is 346 g/mol. The second-order valence-corrected chi connectivity index (χ2v) is 4.98. The number of carbonyl (C=O) groups is 1. The Labute approximate surface area is 132 Å². The molecule has 5 heteroatoms. The molecule has 0 aliphatic rings. The van der Waals surface area contributed by atoms with E-state index in [1.165, 1.54) is 0 Å². The lowest BCUT2D eigenvalue weighted by Crippen LogP contribution is -2.24. The number of aromatic nitrogens is 1. The van der Waals surface area contributed by atoms with Crippen LogP contribution in [0.3, 0.4) is 0 Å². The Morgan fingerprint density at radius 3 is 2.81 bits per heavy atom. The zero-order valence-corrected chi connectivity index (χ0v) is 12.9. The molecule has 1 heterocycles. The maximum Gasteiger partial charge on any atom is 0.407 e. The topological polar surface area (TPSA) is 51.2 Å². The van der Waals surface area contributed by atoms with E-state index in [1.807, 2.05) is 54.6 Å². The van der Waals surface area contributed by atoms with Crippen LogP contribution < -0.4 is 5.32 Å². The van der Waals surface area contributed by atoms with E-state index in [2.05, 4.69) is 26.2 Å². The van der Waals surface area contributed by atoms with E-state index in [-0.39, 0.29) is 6.61 Å². The van der Waals surface area contributed by atoms with Crippen molar-refractivity contribution in [2.75, 3.05) is 6.54 Å². The number of nitrogens with zero attached hydrogens (tertiary/aromatic N) is 1. The van der Waals surface area contributed by atoms with Crippen molar-refractivity contribution in [3.05, 3.63) is 70.5 Å². The largest absolute Gasteiger partial charge is 0.445 e. The SMILES string of the molecule is O=C(NCC=Cc1cccnc1Br)OCc1ccccc1. The average Bonchev–Trinajstić information content (AvgIpc) is 2.52. The van der Waals surface area contributed by atoms with Crippen LogP contribution in [0.15, 0.2) is 59.3 Å². The minimum Gasteiger partial charge on any atom is -0.445 e. The lowest BCUT2D eigenvalue weighted by Gasteiger charge is -2.05. The predicted molar refractivity (Wildman–Crippen MR) is 85.6 cm³/mol. The molecule has 0 spiro atoms. The summed E-state index contributed by atoms with van der Waals surface area (Å²) in [6.45, 7) is 0.666. The highest BCUT2D eigenvalue weighted by Crippen LogP contribution is 2.13. The van der Waals surface area contributed by atoms with Crippen molar-refractivity contribution in [3.63, 3.8) is 0 Å². The first-order chi connectivity index (χ1) is 10.3. The van der Waals surface area contributed by atoms with E-state index in [0.717, 1.165) is 15.7 Å². The maximum atomic E-state index is 11.5. The van der Waals surface area contributed by atoms with Crippen LogP contribution in [0, 0.1) is 0 Å². The van der Waals surface area contributed by atoms with Gasteiger partial charge in [0.2, 0.25) is 0 Å². The normalized spacial score (nSPS) is 10.5. The number of nitrogens with one attached hydrogen (secondary N) is 1. The van der Waals surface area contributed by atoms with Crippen LogP contribution in [-0.4, -0.2) is 17.6 Å². The molecule has 0 aliphatic carbocycles. The first-order valence-corrected chi connectivity index (χ1v) is 7.26. The summed E-state index contributed by atoms with van der Waals surface area (Å²) in [5, 5.41) is 2.66. The Balaban J connectivity index is 1.71. The summed E-state index contributed by atoms with van der Waals surface area (Å²) in [5.74, 6) is 0. The number of amides is 1. The molecule has 1 amide bonds. The molecule has 0 aliphatic heterocycles. The Kier molecular flexibility index (Phi) is 5.97. The summed E-state index contributed by atoms with van der Waals surface area (Å²) < 4.78 is 5.87. The first kappa shape index (κ1) is 15.3. The van der Waals surface area contributed by atoms with Crippen molar-refractivity contribution in [1.29, 1.82) is 0 Å². The van der Waals surface area contributed by atoms with Crippen molar-refractivity contribution in [2.45, 2.75) is 6.61 Å².